The third-order valence-electron chi connectivity index (χ3n) is 4.87. The average molecular weight is 421 g/mol. The second kappa shape index (κ2) is 9.25. The number of esters is 1. The number of carbonyl (C=O) groups excluding carboxylic acids is 4. The lowest BCUT2D eigenvalue weighted by atomic mass is 10.1. The van der Waals surface area contributed by atoms with Crippen LogP contribution in [0, 0.1) is 6.92 Å². The van der Waals surface area contributed by atoms with E-state index in [1.165, 1.54) is 30.2 Å². The van der Waals surface area contributed by atoms with Crippen LogP contribution in [0.5, 0.6) is 0 Å². The van der Waals surface area contributed by atoms with Crippen molar-refractivity contribution in [2.75, 3.05) is 23.9 Å². The molecule has 0 aromatic heterocycles. The maximum Gasteiger partial charge on any atom is 0.337 e. The summed E-state index contributed by atoms with van der Waals surface area (Å²) in [7, 11) is 1.28. The van der Waals surface area contributed by atoms with Crippen LogP contribution in [0.25, 0.3) is 0 Å². The Morgan fingerprint density at radius 2 is 1.87 bits per heavy atom. The van der Waals surface area contributed by atoms with Crippen molar-refractivity contribution in [3.63, 3.8) is 0 Å². The summed E-state index contributed by atoms with van der Waals surface area (Å²) in [5.74, 6) is -1.38. The highest BCUT2D eigenvalue weighted by Crippen LogP contribution is 2.27. The molecule has 1 heterocycles. The molecule has 1 N–H and O–H groups in total. The first kappa shape index (κ1) is 21.8. The molecule has 2 aromatic rings. The molecule has 8 heteroatoms. The molecule has 0 radical (unpaired) electrons. The van der Waals surface area contributed by atoms with Crippen molar-refractivity contribution in [1.82, 2.24) is 4.90 Å². The zero-order valence-corrected chi connectivity index (χ0v) is 17.3. The molecule has 31 heavy (non-hydrogen) atoms. The van der Waals surface area contributed by atoms with Crippen LogP contribution < -0.4 is 10.2 Å². The molecule has 0 aliphatic carbocycles. The Kier molecular flexibility index (Phi) is 6.49. The van der Waals surface area contributed by atoms with Gasteiger partial charge in [-0.3, -0.25) is 9.59 Å². The second-order valence-electron chi connectivity index (χ2n) is 7.07. The molecular formula is C23H23N3O5. The first-order valence-electron chi connectivity index (χ1n) is 9.66. The van der Waals surface area contributed by atoms with Crippen molar-refractivity contribution in [3.05, 3.63) is 72.3 Å². The highest BCUT2D eigenvalue weighted by Gasteiger charge is 2.46. The molecule has 0 saturated carbocycles. The van der Waals surface area contributed by atoms with Crippen molar-refractivity contribution in [1.29, 1.82) is 0 Å². The molecule has 0 spiro atoms. The zero-order chi connectivity index (χ0) is 22.5. The van der Waals surface area contributed by atoms with Gasteiger partial charge in [-0.1, -0.05) is 18.2 Å². The quantitative estimate of drug-likeness (QED) is 0.421. The van der Waals surface area contributed by atoms with Crippen LogP contribution in [0.4, 0.5) is 16.2 Å². The summed E-state index contributed by atoms with van der Waals surface area (Å²) in [6.45, 7) is 5.65. The zero-order valence-electron chi connectivity index (χ0n) is 17.3. The summed E-state index contributed by atoms with van der Waals surface area (Å²) in [5.41, 5.74) is 2.18. The van der Waals surface area contributed by atoms with Gasteiger partial charge in [0.25, 0.3) is 5.91 Å². The predicted molar refractivity (Wildman–Crippen MR) is 116 cm³/mol. The van der Waals surface area contributed by atoms with Crippen LogP contribution in [0.2, 0.25) is 0 Å². The molecule has 0 unspecified atom stereocenters. The maximum atomic E-state index is 13.1. The van der Waals surface area contributed by atoms with Gasteiger partial charge in [0.05, 0.1) is 24.8 Å². The van der Waals surface area contributed by atoms with Crippen LogP contribution in [0.15, 0.2) is 61.2 Å². The summed E-state index contributed by atoms with van der Waals surface area (Å²) < 4.78 is 4.64. The number of benzene rings is 2. The summed E-state index contributed by atoms with van der Waals surface area (Å²) in [6.07, 6.45) is 1.31. The Bertz CT molecular complexity index is 1030. The number of urea groups is 1. The fourth-order valence-corrected chi connectivity index (χ4v) is 3.38. The standard InChI is InChI=1S/C23H23N3O5/c1-4-12-25-19(21(28)26(23(25)30)18-7-5-6-15(2)13-18)14-20(27)24-17-10-8-16(9-11-17)22(29)31-3/h4-11,13,19H,1,12,14H2,2-3H3,(H,24,27)/t19-/m0/s1. The van der Waals surface area contributed by atoms with Gasteiger partial charge in [-0.25, -0.2) is 14.5 Å². The Labute approximate surface area is 180 Å². The van der Waals surface area contributed by atoms with Gasteiger partial charge in [0.15, 0.2) is 0 Å². The number of amides is 4. The van der Waals surface area contributed by atoms with Crippen molar-refractivity contribution in [3.8, 4) is 0 Å². The number of hydrogen-bond donors (Lipinski definition) is 1. The second-order valence-corrected chi connectivity index (χ2v) is 7.07. The number of ether oxygens (including phenoxy) is 1. The number of anilines is 2. The first-order valence-corrected chi connectivity index (χ1v) is 9.66. The number of carbonyl (C=O) groups is 4. The van der Waals surface area contributed by atoms with Gasteiger partial charge in [-0.15, -0.1) is 6.58 Å². The Balaban J connectivity index is 1.76. The molecule has 160 valence electrons. The van der Waals surface area contributed by atoms with Crippen molar-refractivity contribution >= 4 is 35.2 Å². The molecule has 1 fully saturated rings. The summed E-state index contributed by atoms with van der Waals surface area (Å²) in [6, 6.07) is 11.8. The molecule has 1 aliphatic heterocycles. The van der Waals surface area contributed by atoms with Crippen LogP contribution in [-0.2, 0) is 14.3 Å². The number of imide groups is 1. The summed E-state index contributed by atoms with van der Waals surface area (Å²) >= 11 is 0. The van der Waals surface area contributed by atoms with E-state index in [-0.39, 0.29) is 13.0 Å². The lowest BCUT2D eigenvalue weighted by molar-refractivity contribution is -0.124. The van der Waals surface area contributed by atoms with Gasteiger partial charge in [-0.05, 0) is 48.9 Å². The SMILES string of the molecule is C=CCN1C(=O)N(c2cccc(C)c2)C(=O)[C@@H]1CC(=O)Nc1ccc(C(=O)OC)cc1. The third-order valence-corrected chi connectivity index (χ3v) is 4.87. The van der Waals surface area contributed by atoms with Gasteiger partial charge in [0, 0.05) is 12.2 Å². The van der Waals surface area contributed by atoms with Gasteiger partial charge in [-0.2, -0.15) is 0 Å². The maximum absolute atomic E-state index is 13.1. The highest BCUT2D eigenvalue weighted by atomic mass is 16.5. The summed E-state index contributed by atoms with van der Waals surface area (Å²) in [4.78, 5) is 52.5. The van der Waals surface area contributed by atoms with Gasteiger partial charge >= 0.3 is 12.0 Å². The van der Waals surface area contributed by atoms with E-state index < -0.39 is 29.9 Å². The van der Waals surface area contributed by atoms with Crippen molar-refractivity contribution in [2.24, 2.45) is 0 Å². The van der Waals surface area contributed by atoms with Gasteiger partial charge in [0.2, 0.25) is 5.91 Å². The Hall–Kier alpha value is -3.94. The highest BCUT2D eigenvalue weighted by molar-refractivity contribution is 6.22. The van der Waals surface area contributed by atoms with Crippen molar-refractivity contribution < 1.29 is 23.9 Å². The lowest BCUT2D eigenvalue weighted by Gasteiger charge is -2.19. The van der Waals surface area contributed by atoms with E-state index in [2.05, 4.69) is 16.6 Å². The van der Waals surface area contributed by atoms with E-state index in [1.54, 1.807) is 30.3 Å². The predicted octanol–water partition coefficient (Wildman–Crippen LogP) is 3.13. The number of rotatable bonds is 7. The van der Waals surface area contributed by atoms with Crippen LogP contribution in [-0.4, -0.2) is 48.4 Å². The molecule has 2 aromatic carbocycles. The van der Waals surface area contributed by atoms with Crippen LogP contribution in [0.3, 0.4) is 0 Å². The topological polar surface area (TPSA) is 96.0 Å². The van der Waals surface area contributed by atoms with E-state index >= 15 is 0 Å². The van der Waals surface area contributed by atoms with E-state index in [0.29, 0.717) is 16.9 Å². The van der Waals surface area contributed by atoms with Crippen molar-refractivity contribution in [2.45, 2.75) is 19.4 Å². The number of aryl methyl sites for hydroxylation is 1. The third kappa shape index (κ3) is 4.63. The fourth-order valence-electron chi connectivity index (χ4n) is 3.38. The van der Waals surface area contributed by atoms with Gasteiger partial charge in [0.1, 0.15) is 6.04 Å². The molecule has 3 rings (SSSR count). The minimum Gasteiger partial charge on any atom is -0.465 e. The molecule has 8 nitrogen and oxygen atoms in total. The van der Waals surface area contributed by atoms with Crippen LogP contribution >= 0.6 is 0 Å². The lowest BCUT2D eigenvalue weighted by Crippen LogP contribution is -2.38. The normalized spacial score (nSPS) is 15.7. The van der Waals surface area contributed by atoms with E-state index in [0.717, 1.165) is 10.5 Å². The minimum absolute atomic E-state index is 0.138. The monoisotopic (exact) mass is 421 g/mol. The molecular weight excluding hydrogens is 398 g/mol. The Morgan fingerprint density at radius 3 is 2.48 bits per heavy atom. The van der Waals surface area contributed by atoms with E-state index in [9.17, 15) is 19.2 Å². The Morgan fingerprint density at radius 1 is 1.16 bits per heavy atom. The molecule has 1 atom stereocenters. The number of hydrogen-bond acceptors (Lipinski definition) is 5. The minimum atomic E-state index is -0.944. The first-order chi connectivity index (χ1) is 14.8. The molecule has 1 saturated heterocycles. The smallest absolute Gasteiger partial charge is 0.337 e. The van der Waals surface area contributed by atoms with Crippen LogP contribution in [0.1, 0.15) is 22.3 Å². The average Bonchev–Trinajstić information content (AvgIpc) is 2.98. The number of methoxy groups -OCH3 is 1. The fraction of sp³-hybridized carbons (Fsp3) is 0.217. The molecule has 0 bridgehead atoms. The summed E-state index contributed by atoms with van der Waals surface area (Å²) in [5, 5.41) is 2.69. The van der Waals surface area contributed by atoms with E-state index in [1.807, 2.05) is 13.0 Å². The number of nitrogens with one attached hydrogen (secondary N) is 1. The number of nitrogens with zero attached hydrogens (tertiary/aromatic N) is 2. The van der Waals surface area contributed by atoms with Gasteiger partial charge < -0.3 is 15.0 Å². The molecule has 1 aliphatic rings. The van der Waals surface area contributed by atoms with E-state index in [4.69, 9.17) is 0 Å². The largest absolute Gasteiger partial charge is 0.465 e. The molecule has 4 amide bonds.